The summed E-state index contributed by atoms with van der Waals surface area (Å²) in [5.41, 5.74) is 0.966. The number of hydrogen-bond donors (Lipinski definition) is 2. The van der Waals surface area contributed by atoms with Crippen LogP contribution < -0.4 is 15.4 Å². The molecule has 6 heteroatoms. The molecule has 0 radical (unpaired) electrons. The van der Waals surface area contributed by atoms with Crippen molar-refractivity contribution in [1.82, 2.24) is 10.6 Å². The minimum absolute atomic E-state index is 0.0348. The third-order valence-corrected chi connectivity index (χ3v) is 3.67. The van der Waals surface area contributed by atoms with E-state index in [4.69, 9.17) is 4.74 Å². The van der Waals surface area contributed by atoms with Crippen LogP contribution in [0.5, 0.6) is 5.75 Å². The first-order valence-corrected chi connectivity index (χ1v) is 7.28. The van der Waals surface area contributed by atoms with E-state index in [-0.39, 0.29) is 18.4 Å². The largest absolute Gasteiger partial charge is 0.497 e. The monoisotopic (exact) mass is 304 g/mol. The van der Waals surface area contributed by atoms with Crippen molar-refractivity contribution in [3.63, 3.8) is 0 Å². The molecule has 0 fully saturated rings. The Labute approximate surface area is 126 Å². The summed E-state index contributed by atoms with van der Waals surface area (Å²) in [7, 11) is 1.60. The van der Waals surface area contributed by atoms with Crippen molar-refractivity contribution in [2.45, 2.75) is 6.54 Å². The number of thiophene rings is 1. The summed E-state index contributed by atoms with van der Waals surface area (Å²) in [6.45, 7) is 0.380. The summed E-state index contributed by atoms with van der Waals surface area (Å²) in [6, 6.07) is 10.9. The Morgan fingerprint density at radius 3 is 2.52 bits per heavy atom. The summed E-state index contributed by atoms with van der Waals surface area (Å²) in [5.74, 6) is 0.314. The van der Waals surface area contributed by atoms with Gasteiger partial charge in [-0.1, -0.05) is 18.2 Å². The van der Waals surface area contributed by atoms with Gasteiger partial charge in [0.1, 0.15) is 5.75 Å². The van der Waals surface area contributed by atoms with Crippen LogP contribution in [0.1, 0.15) is 15.2 Å². The SMILES string of the molecule is COc1ccc(CNC(=O)CNC(=O)c2cccs2)cc1. The third-order valence-electron chi connectivity index (χ3n) is 2.80. The van der Waals surface area contributed by atoms with Crippen LogP contribution in [0.15, 0.2) is 41.8 Å². The van der Waals surface area contributed by atoms with Gasteiger partial charge in [0, 0.05) is 6.54 Å². The lowest BCUT2D eigenvalue weighted by molar-refractivity contribution is -0.120. The van der Waals surface area contributed by atoms with Crippen LogP contribution in [0.3, 0.4) is 0 Å². The zero-order valence-electron chi connectivity index (χ0n) is 11.6. The van der Waals surface area contributed by atoms with Gasteiger partial charge in [-0.05, 0) is 29.1 Å². The van der Waals surface area contributed by atoms with Gasteiger partial charge in [0.25, 0.3) is 5.91 Å². The van der Waals surface area contributed by atoms with Crippen LogP contribution in [0.4, 0.5) is 0 Å². The molecule has 1 aromatic heterocycles. The average molecular weight is 304 g/mol. The Kier molecular flexibility index (Phi) is 5.34. The molecular formula is C15H16N2O3S. The molecule has 110 valence electrons. The highest BCUT2D eigenvalue weighted by Crippen LogP contribution is 2.11. The zero-order valence-corrected chi connectivity index (χ0v) is 12.4. The van der Waals surface area contributed by atoms with Crippen molar-refractivity contribution in [2.75, 3.05) is 13.7 Å². The number of methoxy groups -OCH3 is 1. The molecule has 21 heavy (non-hydrogen) atoms. The Morgan fingerprint density at radius 1 is 1.14 bits per heavy atom. The maximum absolute atomic E-state index is 11.7. The highest BCUT2D eigenvalue weighted by Gasteiger charge is 2.08. The molecule has 0 atom stereocenters. The van der Waals surface area contributed by atoms with Crippen LogP contribution in [-0.4, -0.2) is 25.5 Å². The Bertz CT molecular complexity index is 594. The van der Waals surface area contributed by atoms with Gasteiger partial charge >= 0.3 is 0 Å². The first-order chi connectivity index (χ1) is 10.2. The number of carbonyl (C=O) groups is 2. The van der Waals surface area contributed by atoms with Gasteiger partial charge in [0.15, 0.2) is 0 Å². The van der Waals surface area contributed by atoms with Crippen molar-refractivity contribution in [1.29, 1.82) is 0 Å². The molecule has 0 aliphatic heterocycles. The molecule has 0 aliphatic carbocycles. The number of rotatable bonds is 6. The lowest BCUT2D eigenvalue weighted by Crippen LogP contribution is -2.36. The molecule has 0 spiro atoms. The van der Waals surface area contributed by atoms with E-state index in [9.17, 15) is 9.59 Å². The first kappa shape index (κ1) is 15.1. The Morgan fingerprint density at radius 2 is 1.90 bits per heavy atom. The summed E-state index contributed by atoms with van der Waals surface area (Å²) in [5, 5.41) is 7.14. The summed E-state index contributed by atoms with van der Waals surface area (Å²) < 4.78 is 5.06. The van der Waals surface area contributed by atoms with E-state index in [0.717, 1.165) is 11.3 Å². The van der Waals surface area contributed by atoms with E-state index in [0.29, 0.717) is 11.4 Å². The molecule has 1 aromatic carbocycles. The van der Waals surface area contributed by atoms with Crippen molar-refractivity contribution in [3.05, 3.63) is 52.2 Å². The smallest absolute Gasteiger partial charge is 0.261 e. The molecule has 5 nitrogen and oxygen atoms in total. The van der Waals surface area contributed by atoms with Crippen molar-refractivity contribution < 1.29 is 14.3 Å². The highest BCUT2D eigenvalue weighted by molar-refractivity contribution is 7.12. The Hall–Kier alpha value is -2.34. The van der Waals surface area contributed by atoms with E-state index in [1.54, 1.807) is 19.2 Å². The van der Waals surface area contributed by atoms with Gasteiger partial charge in [-0.15, -0.1) is 11.3 Å². The standard InChI is InChI=1S/C15H16N2O3S/c1-20-12-6-4-11(5-7-12)9-16-14(18)10-17-15(19)13-3-2-8-21-13/h2-8H,9-10H2,1H3,(H,16,18)(H,17,19). The average Bonchev–Trinajstić information content (AvgIpc) is 3.05. The minimum Gasteiger partial charge on any atom is -0.497 e. The number of nitrogens with one attached hydrogen (secondary N) is 2. The predicted octanol–water partition coefficient (Wildman–Crippen LogP) is 1.80. The molecule has 0 saturated heterocycles. The zero-order chi connectivity index (χ0) is 15.1. The van der Waals surface area contributed by atoms with Gasteiger partial charge < -0.3 is 15.4 Å². The van der Waals surface area contributed by atoms with Gasteiger partial charge in [-0.3, -0.25) is 9.59 Å². The number of amides is 2. The predicted molar refractivity (Wildman–Crippen MR) is 81.5 cm³/mol. The first-order valence-electron chi connectivity index (χ1n) is 6.40. The second kappa shape index (κ2) is 7.44. The van der Waals surface area contributed by atoms with Crippen molar-refractivity contribution in [2.24, 2.45) is 0 Å². The summed E-state index contributed by atoms with van der Waals surface area (Å²) in [6.07, 6.45) is 0. The molecule has 1 heterocycles. The number of benzene rings is 1. The maximum atomic E-state index is 11.7. The fourth-order valence-corrected chi connectivity index (χ4v) is 2.30. The van der Waals surface area contributed by atoms with Crippen LogP contribution in [0.2, 0.25) is 0 Å². The van der Waals surface area contributed by atoms with E-state index < -0.39 is 0 Å². The van der Waals surface area contributed by atoms with Gasteiger partial charge in [-0.25, -0.2) is 0 Å². The van der Waals surface area contributed by atoms with Gasteiger partial charge in [0.05, 0.1) is 18.5 Å². The lowest BCUT2D eigenvalue weighted by Gasteiger charge is -2.07. The number of hydrogen-bond acceptors (Lipinski definition) is 4. The van der Waals surface area contributed by atoms with E-state index in [2.05, 4.69) is 10.6 Å². The molecule has 0 saturated carbocycles. The summed E-state index contributed by atoms with van der Waals surface area (Å²) >= 11 is 1.34. The molecule has 2 rings (SSSR count). The van der Waals surface area contributed by atoms with Crippen LogP contribution in [0.25, 0.3) is 0 Å². The molecule has 2 aromatic rings. The fraction of sp³-hybridized carbons (Fsp3) is 0.200. The molecule has 0 bridgehead atoms. The second-order valence-corrected chi connectivity index (χ2v) is 5.23. The topological polar surface area (TPSA) is 67.4 Å². The molecular weight excluding hydrogens is 288 g/mol. The Balaban J connectivity index is 1.73. The molecule has 2 N–H and O–H groups in total. The molecule has 2 amide bonds. The van der Waals surface area contributed by atoms with Crippen LogP contribution in [0, 0.1) is 0 Å². The van der Waals surface area contributed by atoms with E-state index in [1.807, 2.05) is 29.6 Å². The third kappa shape index (κ3) is 4.61. The van der Waals surface area contributed by atoms with Crippen molar-refractivity contribution >= 4 is 23.2 Å². The van der Waals surface area contributed by atoms with E-state index >= 15 is 0 Å². The normalized spacial score (nSPS) is 9.95. The number of ether oxygens (including phenoxy) is 1. The quantitative estimate of drug-likeness (QED) is 0.855. The lowest BCUT2D eigenvalue weighted by atomic mass is 10.2. The van der Waals surface area contributed by atoms with Gasteiger partial charge in [0.2, 0.25) is 5.91 Å². The molecule has 0 aliphatic rings. The number of carbonyl (C=O) groups excluding carboxylic acids is 2. The highest BCUT2D eigenvalue weighted by atomic mass is 32.1. The summed E-state index contributed by atoms with van der Waals surface area (Å²) in [4.78, 5) is 23.9. The van der Waals surface area contributed by atoms with Crippen molar-refractivity contribution in [3.8, 4) is 5.75 Å². The van der Waals surface area contributed by atoms with Crippen LogP contribution >= 0.6 is 11.3 Å². The maximum Gasteiger partial charge on any atom is 0.261 e. The second-order valence-electron chi connectivity index (χ2n) is 4.28. The van der Waals surface area contributed by atoms with Crippen LogP contribution in [-0.2, 0) is 11.3 Å². The molecule has 0 unspecified atom stereocenters. The van der Waals surface area contributed by atoms with Gasteiger partial charge in [-0.2, -0.15) is 0 Å². The fourth-order valence-electron chi connectivity index (χ4n) is 1.66. The minimum atomic E-state index is -0.232. The van der Waals surface area contributed by atoms with E-state index in [1.165, 1.54) is 11.3 Å².